The molecule has 6 N–H and O–H groups in total. The molecule has 31 heavy (non-hydrogen) atoms. The van der Waals surface area contributed by atoms with Crippen LogP contribution in [0.4, 0.5) is 11.4 Å². The van der Waals surface area contributed by atoms with Gasteiger partial charge in [0.1, 0.15) is 0 Å². The lowest BCUT2D eigenvalue weighted by Gasteiger charge is -2.23. The Morgan fingerprint density at radius 1 is 1.19 bits per heavy atom. The molecule has 0 radical (unpaired) electrons. The highest BCUT2D eigenvalue weighted by molar-refractivity contribution is 5.87. The van der Waals surface area contributed by atoms with Crippen molar-refractivity contribution >= 4 is 17.6 Å². The molecule has 1 aromatic heterocycles. The fourth-order valence-corrected chi connectivity index (χ4v) is 4.03. The first kappa shape index (κ1) is 20.8. The Kier molecular flexibility index (Phi) is 6.13. The van der Waals surface area contributed by atoms with Crippen molar-refractivity contribution in [3.05, 3.63) is 64.1 Å². The lowest BCUT2D eigenvalue weighted by Crippen LogP contribution is -2.31. The van der Waals surface area contributed by atoms with Gasteiger partial charge in [-0.25, -0.2) is 4.79 Å². The average molecular weight is 417 g/mol. The summed E-state index contributed by atoms with van der Waals surface area (Å²) in [5, 5.41) is 14.5. The highest BCUT2D eigenvalue weighted by Crippen LogP contribution is 2.28. The fourth-order valence-electron chi connectivity index (χ4n) is 4.03. The Balaban J connectivity index is 1.59. The zero-order valence-electron chi connectivity index (χ0n) is 17.7. The average Bonchev–Trinajstić information content (AvgIpc) is 2.78. The SMILES string of the molecule is Cc1cc(NCC2CCNCC2)ccc1-c1cc(-c2ccc(N)c(C=N)c2)nc(=O)[nH]1. The summed E-state index contributed by atoms with van der Waals surface area (Å²) in [6.45, 7) is 5.21. The van der Waals surface area contributed by atoms with Crippen LogP contribution in [0.2, 0.25) is 0 Å². The van der Waals surface area contributed by atoms with Crippen LogP contribution < -0.4 is 22.1 Å². The Morgan fingerprint density at radius 2 is 2.00 bits per heavy atom. The van der Waals surface area contributed by atoms with E-state index >= 15 is 0 Å². The lowest BCUT2D eigenvalue weighted by atomic mass is 9.98. The third kappa shape index (κ3) is 4.83. The zero-order valence-corrected chi connectivity index (χ0v) is 17.7. The minimum absolute atomic E-state index is 0.409. The van der Waals surface area contributed by atoms with E-state index < -0.39 is 5.69 Å². The second-order valence-electron chi connectivity index (χ2n) is 8.08. The number of nitrogens with one attached hydrogen (secondary N) is 4. The molecule has 2 heterocycles. The van der Waals surface area contributed by atoms with Crippen LogP contribution in [-0.4, -0.2) is 35.8 Å². The molecule has 2 aromatic carbocycles. The monoisotopic (exact) mass is 416 g/mol. The van der Waals surface area contributed by atoms with Crippen LogP contribution in [0.25, 0.3) is 22.5 Å². The maximum Gasteiger partial charge on any atom is 0.345 e. The number of hydrogen-bond acceptors (Lipinski definition) is 6. The van der Waals surface area contributed by atoms with E-state index in [2.05, 4.69) is 32.7 Å². The van der Waals surface area contributed by atoms with E-state index in [4.69, 9.17) is 11.1 Å². The Labute approximate surface area is 181 Å². The molecule has 0 amide bonds. The molecule has 1 fully saturated rings. The van der Waals surface area contributed by atoms with Crippen molar-refractivity contribution in [2.45, 2.75) is 19.8 Å². The number of aryl methyl sites for hydroxylation is 1. The molecule has 3 aromatic rings. The smallest absolute Gasteiger partial charge is 0.345 e. The van der Waals surface area contributed by atoms with Crippen LogP contribution >= 0.6 is 0 Å². The number of hydrogen-bond donors (Lipinski definition) is 5. The van der Waals surface area contributed by atoms with Gasteiger partial charge in [0, 0.05) is 40.8 Å². The van der Waals surface area contributed by atoms with E-state index in [1.165, 1.54) is 19.1 Å². The molecule has 160 valence electrons. The summed E-state index contributed by atoms with van der Waals surface area (Å²) < 4.78 is 0. The number of nitrogen functional groups attached to an aromatic ring is 1. The fraction of sp³-hybridized carbons (Fsp3) is 0.292. The van der Waals surface area contributed by atoms with Gasteiger partial charge in [0.15, 0.2) is 0 Å². The molecule has 0 saturated carbocycles. The van der Waals surface area contributed by atoms with E-state index in [1.54, 1.807) is 12.1 Å². The molecule has 0 unspecified atom stereocenters. The predicted molar refractivity (Wildman–Crippen MR) is 127 cm³/mol. The van der Waals surface area contributed by atoms with Crippen LogP contribution in [0.15, 0.2) is 47.3 Å². The molecule has 1 saturated heterocycles. The molecular formula is C24H28N6O. The Hall–Kier alpha value is -3.45. The maximum absolute atomic E-state index is 12.3. The van der Waals surface area contributed by atoms with Gasteiger partial charge in [-0.1, -0.05) is 12.1 Å². The second-order valence-corrected chi connectivity index (χ2v) is 8.08. The lowest BCUT2D eigenvalue weighted by molar-refractivity contribution is 0.390. The molecule has 7 heteroatoms. The van der Waals surface area contributed by atoms with E-state index in [9.17, 15) is 4.79 Å². The molecule has 0 bridgehead atoms. The number of H-pyrrole nitrogens is 1. The van der Waals surface area contributed by atoms with Gasteiger partial charge in [-0.3, -0.25) is 0 Å². The highest BCUT2D eigenvalue weighted by atomic mass is 16.1. The largest absolute Gasteiger partial charge is 0.398 e. The summed E-state index contributed by atoms with van der Waals surface area (Å²) in [6.07, 6.45) is 3.61. The van der Waals surface area contributed by atoms with Gasteiger partial charge >= 0.3 is 5.69 Å². The van der Waals surface area contributed by atoms with Gasteiger partial charge in [0.2, 0.25) is 0 Å². The molecule has 0 spiro atoms. The van der Waals surface area contributed by atoms with Crippen molar-refractivity contribution in [2.75, 3.05) is 30.7 Å². The first-order chi connectivity index (χ1) is 15.0. The first-order valence-electron chi connectivity index (χ1n) is 10.6. The van der Waals surface area contributed by atoms with Crippen molar-refractivity contribution in [1.82, 2.24) is 15.3 Å². The molecule has 1 aliphatic rings. The molecule has 0 aliphatic carbocycles. The van der Waals surface area contributed by atoms with Crippen LogP contribution in [0.5, 0.6) is 0 Å². The molecule has 4 rings (SSSR count). The molecule has 7 nitrogen and oxygen atoms in total. The van der Waals surface area contributed by atoms with Crippen molar-refractivity contribution in [3.8, 4) is 22.5 Å². The molecule has 1 aliphatic heterocycles. The predicted octanol–water partition coefficient (Wildman–Crippen LogP) is 3.40. The van der Waals surface area contributed by atoms with Gasteiger partial charge < -0.3 is 26.8 Å². The van der Waals surface area contributed by atoms with Gasteiger partial charge in [0.25, 0.3) is 0 Å². The number of anilines is 2. The van der Waals surface area contributed by atoms with Crippen molar-refractivity contribution in [1.29, 1.82) is 5.41 Å². The highest BCUT2D eigenvalue weighted by Gasteiger charge is 2.13. The van der Waals surface area contributed by atoms with E-state index in [1.807, 2.05) is 25.1 Å². The molecule has 0 atom stereocenters. The summed E-state index contributed by atoms with van der Waals surface area (Å²) in [7, 11) is 0. The minimum Gasteiger partial charge on any atom is -0.398 e. The second kappa shape index (κ2) is 9.14. The number of benzene rings is 2. The Bertz CT molecular complexity index is 1150. The number of aromatic amines is 1. The number of nitrogens with zero attached hydrogens (tertiary/aromatic N) is 1. The van der Waals surface area contributed by atoms with Crippen LogP contribution in [0.1, 0.15) is 24.0 Å². The standard InChI is InChI=1S/C24H28N6O/c1-15-10-19(28-14-16-6-8-27-9-7-16)3-4-20(15)23-12-22(29-24(31)30-23)17-2-5-21(26)18(11-17)13-25/h2-5,10-13,16,25,27-28H,6-9,14,26H2,1H3,(H,29,30,31). The van der Waals surface area contributed by atoms with Gasteiger partial charge in [-0.15, -0.1) is 0 Å². The van der Waals surface area contributed by atoms with Crippen molar-refractivity contribution in [2.24, 2.45) is 5.92 Å². The summed E-state index contributed by atoms with van der Waals surface area (Å²) in [6, 6.07) is 13.4. The van der Waals surface area contributed by atoms with E-state index in [-0.39, 0.29) is 0 Å². The third-order valence-electron chi connectivity index (χ3n) is 5.85. The van der Waals surface area contributed by atoms with Crippen molar-refractivity contribution in [3.63, 3.8) is 0 Å². The summed E-state index contributed by atoms with van der Waals surface area (Å²) in [5.41, 5.74) is 11.7. The number of nitrogens with two attached hydrogens (primary N) is 1. The minimum atomic E-state index is -0.409. The number of piperidine rings is 1. The number of rotatable bonds is 6. The maximum atomic E-state index is 12.3. The number of aromatic nitrogens is 2. The third-order valence-corrected chi connectivity index (χ3v) is 5.85. The van der Waals surface area contributed by atoms with Gasteiger partial charge in [-0.05, 0) is 74.7 Å². The van der Waals surface area contributed by atoms with Crippen LogP contribution in [0.3, 0.4) is 0 Å². The van der Waals surface area contributed by atoms with Gasteiger partial charge in [-0.2, -0.15) is 4.98 Å². The van der Waals surface area contributed by atoms with Crippen LogP contribution in [0, 0.1) is 18.3 Å². The normalized spacial score (nSPS) is 14.4. The summed E-state index contributed by atoms with van der Waals surface area (Å²) in [4.78, 5) is 19.3. The zero-order chi connectivity index (χ0) is 21.8. The summed E-state index contributed by atoms with van der Waals surface area (Å²) in [5.74, 6) is 0.700. The summed E-state index contributed by atoms with van der Waals surface area (Å²) >= 11 is 0. The molecular weight excluding hydrogens is 388 g/mol. The van der Waals surface area contributed by atoms with Crippen LogP contribution in [-0.2, 0) is 0 Å². The van der Waals surface area contributed by atoms with E-state index in [0.717, 1.165) is 42.0 Å². The van der Waals surface area contributed by atoms with Gasteiger partial charge in [0.05, 0.1) is 11.4 Å². The Morgan fingerprint density at radius 3 is 2.74 bits per heavy atom. The quantitative estimate of drug-likeness (QED) is 0.312. The topological polar surface area (TPSA) is 120 Å². The first-order valence-corrected chi connectivity index (χ1v) is 10.6. The van der Waals surface area contributed by atoms with E-state index in [0.29, 0.717) is 28.6 Å². The van der Waals surface area contributed by atoms with Crippen molar-refractivity contribution < 1.29 is 0 Å².